The number of ketones is 1. The van der Waals surface area contributed by atoms with Crippen molar-refractivity contribution in [2.75, 3.05) is 0 Å². The Morgan fingerprint density at radius 2 is 1.64 bits per heavy atom. The van der Waals surface area contributed by atoms with E-state index in [1.54, 1.807) is 18.2 Å². The van der Waals surface area contributed by atoms with Crippen LogP contribution in [0.5, 0.6) is 0 Å². The predicted octanol–water partition coefficient (Wildman–Crippen LogP) is 3.98. The van der Waals surface area contributed by atoms with Crippen molar-refractivity contribution in [3.63, 3.8) is 0 Å². The van der Waals surface area contributed by atoms with Gasteiger partial charge in [0.2, 0.25) is 5.69 Å². The Labute approximate surface area is 127 Å². The standard InChI is InChI=1S/C19H13NO2/c1-12-5-4-8-15(9-12)18-19(21)16-10-13-6-2-3-7-14(13)11-17(16)20(18)22/h2-11H,1H3. The topological polar surface area (TPSA) is 43.1 Å². The highest BCUT2D eigenvalue weighted by Gasteiger charge is 2.36. The molecular weight excluding hydrogens is 274 g/mol. The number of carbonyl (C=O) groups is 1. The Kier molecular flexibility index (Phi) is 2.63. The first-order chi connectivity index (χ1) is 10.6. The average molecular weight is 287 g/mol. The second-order valence-electron chi connectivity index (χ2n) is 5.56. The van der Waals surface area contributed by atoms with Gasteiger partial charge < -0.3 is 5.21 Å². The van der Waals surface area contributed by atoms with Crippen LogP contribution in [-0.2, 0) is 0 Å². The van der Waals surface area contributed by atoms with Crippen LogP contribution in [0, 0.1) is 12.1 Å². The largest absolute Gasteiger partial charge is 0.618 e. The first kappa shape index (κ1) is 12.8. The smallest absolute Gasteiger partial charge is 0.272 e. The number of hydrogen-bond acceptors (Lipinski definition) is 2. The van der Waals surface area contributed by atoms with E-state index in [2.05, 4.69) is 0 Å². The normalized spacial score (nSPS) is 13.8. The minimum atomic E-state index is -0.207. The molecule has 0 amide bonds. The molecule has 0 saturated heterocycles. The maximum absolute atomic E-state index is 12.7. The molecule has 106 valence electrons. The molecule has 0 saturated carbocycles. The van der Waals surface area contributed by atoms with Crippen LogP contribution in [0.25, 0.3) is 10.8 Å². The SMILES string of the molecule is Cc1cccc(C2=[N+]([O-])c3cc4ccccc4cc3C2=O)c1. The maximum atomic E-state index is 12.7. The van der Waals surface area contributed by atoms with Crippen LogP contribution in [-0.4, -0.2) is 16.2 Å². The molecule has 0 spiro atoms. The summed E-state index contributed by atoms with van der Waals surface area (Å²) in [5, 5.41) is 14.5. The van der Waals surface area contributed by atoms with Crippen molar-refractivity contribution in [1.29, 1.82) is 0 Å². The summed E-state index contributed by atoms with van der Waals surface area (Å²) < 4.78 is 0.763. The van der Waals surface area contributed by atoms with Crippen molar-refractivity contribution in [3.8, 4) is 0 Å². The fourth-order valence-corrected chi connectivity index (χ4v) is 2.96. The van der Waals surface area contributed by atoms with Gasteiger partial charge in [0, 0.05) is 6.07 Å². The molecule has 3 nitrogen and oxygen atoms in total. The first-order valence-electron chi connectivity index (χ1n) is 7.14. The van der Waals surface area contributed by atoms with Crippen molar-refractivity contribution in [3.05, 3.63) is 82.6 Å². The third-order valence-electron chi connectivity index (χ3n) is 4.04. The number of fused-ring (bicyclic) bond motifs is 2. The number of carbonyl (C=O) groups excluding carboxylic acids is 1. The van der Waals surface area contributed by atoms with Gasteiger partial charge in [-0.3, -0.25) is 4.79 Å². The lowest BCUT2D eigenvalue weighted by Crippen LogP contribution is -2.16. The van der Waals surface area contributed by atoms with Crippen LogP contribution in [0.4, 0.5) is 5.69 Å². The molecule has 1 heterocycles. The monoisotopic (exact) mass is 287 g/mol. The number of hydrogen-bond donors (Lipinski definition) is 0. The van der Waals surface area contributed by atoms with Gasteiger partial charge in [-0.25, -0.2) is 0 Å². The Hall–Kier alpha value is -2.94. The van der Waals surface area contributed by atoms with E-state index in [0.29, 0.717) is 16.8 Å². The summed E-state index contributed by atoms with van der Waals surface area (Å²) in [6.45, 7) is 1.94. The Morgan fingerprint density at radius 1 is 0.909 bits per heavy atom. The third-order valence-corrected chi connectivity index (χ3v) is 4.04. The lowest BCUT2D eigenvalue weighted by molar-refractivity contribution is -0.355. The van der Waals surface area contributed by atoms with Gasteiger partial charge in [-0.2, -0.15) is 4.74 Å². The van der Waals surface area contributed by atoms with Gasteiger partial charge in [-0.1, -0.05) is 42.0 Å². The number of rotatable bonds is 1. The van der Waals surface area contributed by atoms with Gasteiger partial charge in [0.15, 0.2) is 0 Å². The zero-order valence-corrected chi connectivity index (χ0v) is 12.0. The summed E-state index contributed by atoms with van der Waals surface area (Å²) in [5.74, 6) is -0.207. The molecule has 0 radical (unpaired) electrons. The molecule has 0 aliphatic carbocycles. The molecular formula is C19H13NO2. The Bertz CT molecular complexity index is 970. The number of Topliss-reactive ketones (excluding diaryl/α,β-unsaturated/α-hetero) is 1. The molecule has 1 aliphatic heterocycles. The number of benzene rings is 3. The minimum Gasteiger partial charge on any atom is -0.618 e. The predicted molar refractivity (Wildman–Crippen MR) is 86.9 cm³/mol. The summed E-state index contributed by atoms with van der Waals surface area (Å²) in [6.07, 6.45) is 0. The summed E-state index contributed by atoms with van der Waals surface area (Å²) in [5.41, 5.74) is 2.80. The molecule has 0 bridgehead atoms. The van der Waals surface area contributed by atoms with Gasteiger partial charge in [0.25, 0.3) is 11.5 Å². The fourth-order valence-electron chi connectivity index (χ4n) is 2.96. The van der Waals surface area contributed by atoms with E-state index >= 15 is 0 Å². The van der Waals surface area contributed by atoms with E-state index in [4.69, 9.17) is 0 Å². The third kappa shape index (κ3) is 1.76. The van der Waals surface area contributed by atoms with E-state index in [0.717, 1.165) is 21.1 Å². The molecule has 0 fully saturated rings. The van der Waals surface area contributed by atoms with Crippen LogP contribution in [0.15, 0.2) is 60.7 Å². The van der Waals surface area contributed by atoms with Crippen LogP contribution in [0.1, 0.15) is 21.5 Å². The van der Waals surface area contributed by atoms with Crippen LogP contribution in [0.2, 0.25) is 0 Å². The van der Waals surface area contributed by atoms with E-state index in [1.165, 1.54) is 0 Å². The van der Waals surface area contributed by atoms with Gasteiger partial charge in [-0.05, 0) is 35.9 Å². The average Bonchev–Trinajstić information content (AvgIpc) is 2.76. The molecule has 0 N–H and O–H groups in total. The van der Waals surface area contributed by atoms with Gasteiger partial charge >= 0.3 is 0 Å². The van der Waals surface area contributed by atoms with E-state index in [9.17, 15) is 10.0 Å². The minimum absolute atomic E-state index is 0.203. The highest BCUT2D eigenvalue weighted by Crippen LogP contribution is 2.32. The highest BCUT2D eigenvalue weighted by molar-refractivity contribution is 6.52. The summed E-state index contributed by atoms with van der Waals surface area (Å²) >= 11 is 0. The Balaban J connectivity index is 1.97. The quantitative estimate of drug-likeness (QED) is 0.502. The molecule has 22 heavy (non-hydrogen) atoms. The van der Waals surface area contributed by atoms with Crippen molar-refractivity contribution in [2.45, 2.75) is 6.92 Å². The van der Waals surface area contributed by atoms with E-state index in [-0.39, 0.29) is 11.5 Å². The molecule has 3 aromatic carbocycles. The summed E-state index contributed by atoms with van der Waals surface area (Å²) in [6, 6.07) is 18.8. The van der Waals surface area contributed by atoms with Crippen molar-refractivity contribution in [1.82, 2.24) is 0 Å². The highest BCUT2D eigenvalue weighted by atomic mass is 16.5. The second kappa shape index (κ2) is 4.53. The Morgan fingerprint density at radius 3 is 2.36 bits per heavy atom. The van der Waals surface area contributed by atoms with E-state index < -0.39 is 0 Å². The lowest BCUT2D eigenvalue weighted by Gasteiger charge is -2.03. The van der Waals surface area contributed by atoms with Crippen molar-refractivity contribution >= 4 is 28.0 Å². The number of aryl methyl sites for hydroxylation is 1. The molecule has 3 heteroatoms. The van der Waals surface area contributed by atoms with Gasteiger partial charge in [0.05, 0.1) is 5.56 Å². The summed E-state index contributed by atoms with van der Waals surface area (Å²) in [4.78, 5) is 12.7. The zero-order valence-electron chi connectivity index (χ0n) is 12.0. The van der Waals surface area contributed by atoms with Crippen LogP contribution in [0.3, 0.4) is 0 Å². The molecule has 1 aliphatic rings. The molecule has 0 aromatic heterocycles. The van der Waals surface area contributed by atoms with Gasteiger partial charge in [-0.15, -0.1) is 0 Å². The number of nitrogens with zero attached hydrogens (tertiary/aromatic N) is 1. The molecule has 0 atom stereocenters. The molecule has 3 aromatic rings. The fraction of sp³-hybridized carbons (Fsp3) is 0.0526. The first-order valence-corrected chi connectivity index (χ1v) is 7.14. The second-order valence-corrected chi connectivity index (χ2v) is 5.56. The van der Waals surface area contributed by atoms with Crippen LogP contribution < -0.4 is 0 Å². The van der Waals surface area contributed by atoms with E-state index in [1.807, 2.05) is 49.4 Å². The van der Waals surface area contributed by atoms with Gasteiger partial charge in [0.1, 0.15) is 5.56 Å². The van der Waals surface area contributed by atoms with Crippen molar-refractivity contribution in [2.24, 2.45) is 0 Å². The van der Waals surface area contributed by atoms with Crippen LogP contribution >= 0.6 is 0 Å². The zero-order chi connectivity index (χ0) is 15.3. The molecule has 4 rings (SSSR count). The molecule has 0 unspecified atom stereocenters. The van der Waals surface area contributed by atoms with Crippen molar-refractivity contribution < 1.29 is 9.53 Å². The lowest BCUT2D eigenvalue weighted by atomic mass is 9.99. The maximum Gasteiger partial charge on any atom is 0.272 e. The summed E-state index contributed by atoms with van der Waals surface area (Å²) in [7, 11) is 0.